The predicted octanol–water partition coefficient (Wildman–Crippen LogP) is 1.48. The standard InChI is InChI=1S/C11H20N4O2S2.HI/c1-3-4-7-14-11(13-2)15-8-9-5-6-10(18-9)19(12,16)17;/h5-6H,3-4,7-8H2,1-2H3,(H2,12,16,17)(H2,13,14,15);1H. The number of primary sulfonamides is 1. The van der Waals surface area contributed by atoms with Crippen LogP contribution in [0.15, 0.2) is 21.3 Å². The highest BCUT2D eigenvalue weighted by Gasteiger charge is 2.11. The van der Waals surface area contributed by atoms with Crippen LogP contribution in [0, 0.1) is 0 Å². The maximum Gasteiger partial charge on any atom is 0.247 e. The van der Waals surface area contributed by atoms with Gasteiger partial charge in [-0.1, -0.05) is 13.3 Å². The van der Waals surface area contributed by atoms with E-state index in [-0.39, 0.29) is 28.2 Å². The smallest absolute Gasteiger partial charge is 0.247 e. The van der Waals surface area contributed by atoms with Gasteiger partial charge in [0.05, 0.1) is 6.54 Å². The normalized spacial score (nSPS) is 11.8. The third kappa shape index (κ3) is 6.86. The molecule has 0 bridgehead atoms. The second-order valence-corrected chi connectivity index (χ2v) is 6.93. The molecule has 1 rings (SSSR count). The fourth-order valence-corrected chi connectivity index (χ4v) is 3.10. The van der Waals surface area contributed by atoms with Crippen LogP contribution in [0.2, 0.25) is 0 Å². The summed E-state index contributed by atoms with van der Waals surface area (Å²) < 4.78 is 22.5. The summed E-state index contributed by atoms with van der Waals surface area (Å²) in [6, 6.07) is 3.26. The predicted molar refractivity (Wildman–Crippen MR) is 94.2 cm³/mol. The van der Waals surface area contributed by atoms with Crippen molar-refractivity contribution < 1.29 is 8.42 Å². The van der Waals surface area contributed by atoms with Gasteiger partial charge in [0.2, 0.25) is 10.0 Å². The highest BCUT2D eigenvalue weighted by Crippen LogP contribution is 2.19. The Labute approximate surface area is 141 Å². The summed E-state index contributed by atoms with van der Waals surface area (Å²) >= 11 is 1.16. The number of thiophene rings is 1. The number of nitrogens with two attached hydrogens (primary N) is 1. The molecule has 0 amide bonds. The van der Waals surface area contributed by atoms with Crippen molar-refractivity contribution in [3.8, 4) is 0 Å². The number of guanidine groups is 1. The molecule has 1 aromatic rings. The Morgan fingerprint density at radius 2 is 2.10 bits per heavy atom. The van der Waals surface area contributed by atoms with Gasteiger partial charge in [-0.15, -0.1) is 35.3 Å². The van der Waals surface area contributed by atoms with Gasteiger partial charge in [0, 0.05) is 18.5 Å². The molecule has 0 saturated carbocycles. The van der Waals surface area contributed by atoms with E-state index in [4.69, 9.17) is 5.14 Å². The molecule has 0 aliphatic carbocycles. The van der Waals surface area contributed by atoms with Gasteiger partial charge in [-0.3, -0.25) is 4.99 Å². The van der Waals surface area contributed by atoms with Gasteiger partial charge >= 0.3 is 0 Å². The summed E-state index contributed by atoms with van der Waals surface area (Å²) in [5.41, 5.74) is 0. The average molecular weight is 432 g/mol. The lowest BCUT2D eigenvalue weighted by Gasteiger charge is -2.10. The lowest BCUT2D eigenvalue weighted by atomic mass is 10.3. The maximum absolute atomic E-state index is 11.1. The molecule has 1 aromatic heterocycles. The maximum atomic E-state index is 11.1. The monoisotopic (exact) mass is 432 g/mol. The van der Waals surface area contributed by atoms with Gasteiger partial charge in [0.1, 0.15) is 4.21 Å². The molecule has 0 spiro atoms. The Morgan fingerprint density at radius 1 is 1.40 bits per heavy atom. The molecule has 20 heavy (non-hydrogen) atoms. The molecule has 0 saturated heterocycles. The molecule has 0 aromatic carbocycles. The molecule has 6 nitrogen and oxygen atoms in total. The summed E-state index contributed by atoms with van der Waals surface area (Å²) in [5, 5.41) is 11.4. The lowest BCUT2D eigenvalue weighted by molar-refractivity contribution is 0.600. The quantitative estimate of drug-likeness (QED) is 0.275. The highest BCUT2D eigenvalue weighted by molar-refractivity contribution is 14.0. The summed E-state index contributed by atoms with van der Waals surface area (Å²) in [6.07, 6.45) is 2.20. The number of aliphatic imine (C=N–C) groups is 1. The largest absolute Gasteiger partial charge is 0.356 e. The molecule has 0 aliphatic rings. The van der Waals surface area contributed by atoms with Crippen LogP contribution >= 0.6 is 35.3 Å². The molecule has 1 heterocycles. The van der Waals surface area contributed by atoms with Gasteiger partial charge in [-0.25, -0.2) is 13.6 Å². The zero-order valence-electron chi connectivity index (χ0n) is 11.5. The van der Waals surface area contributed by atoms with E-state index < -0.39 is 10.0 Å². The van der Waals surface area contributed by atoms with Gasteiger partial charge in [0.15, 0.2) is 5.96 Å². The molecular weight excluding hydrogens is 411 g/mol. The Morgan fingerprint density at radius 3 is 2.60 bits per heavy atom. The lowest BCUT2D eigenvalue weighted by Crippen LogP contribution is -2.37. The molecule has 116 valence electrons. The van der Waals surface area contributed by atoms with Gasteiger partial charge in [-0.2, -0.15) is 0 Å². The summed E-state index contributed by atoms with van der Waals surface area (Å²) in [7, 11) is -1.90. The molecule has 4 N–H and O–H groups in total. The van der Waals surface area contributed by atoms with E-state index >= 15 is 0 Å². The number of unbranched alkanes of at least 4 members (excludes halogenated alkanes) is 1. The van der Waals surface area contributed by atoms with Gasteiger partial charge in [-0.05, 0) is 18.6 Å². The second-order valence-electron chi connectivity index (χ2n) is 3.97. The number of rotatable bonds is 6. The molecule has 0 fully saturated rings. The fourth-order valence-electron chi connectivity index (χ4n) is 1.38. The Kier molecular flexibility index (Phi) is 9.34. The first-order chi connectivity index (χ1) is 8.97. The summed E-state index contributed by atoms with van der Waals surface area (Å²) in [4.78, 5) is 4.98. The van der Waals surface area contributed by atoms with Crippen molar-refractivity contribution in [2.24, 2.45) is 10.1 Å². The molecule has 0 atom stereocenters. The van der Waals surface area contributed by atoms with E-state index in [2.05, 4.69) is 22.5 Å². The molecular formula is C11H21IN4O2S2. The Balaban J connectivity index is 0.00000361. The molecule has 0 unspecified atom stereocenters. The van der Waals surface area contributed by atoms with Crippen LogP contribution in [-0.2, 0) is 16.6 Å². The van der Waals surface area contributed by atoms with Crippen molar-refractivity contribution in [2.45, 2.75) is 30.5 Å². The van der Waals surface area contributed by atoms with E-state index in [1.807, 2.05) is 0 Å². The van der Waals surface area contributed by atoms with E-state index in [1.165, 1.54) is 6.07 Å². The van der Waals surface area contributed by atoms with Crippen LogP contribution < -0.4 is 15.8 Å². The zero-order valence-corrected chi connectivity index (χ0v) is 15.5. The highest BCUT2D eigenvalue weighted by atomic mass is 127. The molecule has 9 heteroatoms. The summed E-state index contributed by atoms with van der Waals surface area (Å²) in [5.74, 6) is 0.707. The van der Waals surface area contributed by atoms with Crippen LogP contribution in [0.4, 0.5) is 0 Å². The van der Waals surface area contributed by atoms with Gasteiger partial charge in [0.25, 0.3) is 0 Å². The minimum atomic E-state index is -3.60. The first kappa shape index (κ1) is 19.6. The van der Waals surface area contributed by atoms with Crippen molar-refractivity contribution in [1.29, 1.82) is 0 Å². The minimum Gasteiger partial charge on any atom is -0.356 e. The van der Waals surface area contributed by atoms with E-state index in [9.17, 15) is 8.42 Å². The van der Waals surface area contributed by atoms with Crippen molar-refractivity contribution in [2.75, 3.05) is 13.6 Å². The van der Waals surface area contributed by atoms with Crippen molar-refractivity contribution in [3.63, 3.8) is 0 Å². The van der Waals surface area contributed by atoms with Crippen LogP contribution in [0.5, 0.6) is 0 Å². The SMILES string of the molecule is CCCCNC(=NC)NCc1ccc(S(N)(=O)=O)s1.I. The van der Waals surface area contributed by atoms with E-state index in [0.717, 1.165) is 35.6 Å². The number of nitrogens with zero attached hydrogens (tertiary/aromatic N) is 1. The van der Waals surface area contributed by atoms with Crippen LogP contribution in [-0.4, -0.2) is 28.0 Å². The third-order valence-corrected chi connectivity index (χ3v) is 4.92. The Bertz CT molecular complexity index is 528. The number of hydrogen-bond donors (Lipinski definition) is 3. The van der Waals surface area contributed by atoms with Gasteiger partial charge < -0.3 is 10.6 Å². The average Bonchev–Trinajstić information content (AvgIpc) is 2.82. The van der Waals surface area contributed by atoms with E-state index in [0.29, 0.717) is 12.5 Å². The second kappa shape index (κ2) is 9.53. The number of hydrogen-bond acceptors (Lipinski definition) is 4. The van der Waals surface area contributed by atoms with Crippen molar-refractivity contribution in [1.82, 2.24) is 10.6 Å². The number of sulfonamides is 1. The molecule has 0 radical (unpaired) electrons. The summed E-state index contributed by atoms with van der Waals surface area (Å²) in [6.45, 7) is 3.51. The first-order valence-corrected chi connectivity index (χ1v) is 8.39. The minimum absolute atomic E-state index is 0. The van der Waals surface area contributed by atoms with Crippen molar-refractivity contribution in [3.05, 3.63) is 17.0 Å². The van der Waals surface area contributed by atoms with Crippen LogP contribution in [0.25, 0.3) is 0 Å². The topological polar surface area (TPSA) is 96.6 Å². The fraction of sp³-hybridized carbons (Fsp3) is 0.545. The van der Waals surface area contributed by atoms with E-state index in [1.54, 1.807) is 13.1 Å². The van der Waals surface area contributed by atoms with Crippen LogP contribution in [0.1, 0.15) is 24.6 Å². The zero-order chi connectivity index (χ0) is 14.3. The third-order valence-electron chi connectivity index (χ3n) is 2.39. The molecule has 0 aliphatic heterocycles. The van der Waals surface area contributed by atoms with Crippen molar-refractivity contribution >= 4 is 51.3 Å². The number of halogens is 1. The van der Waals surface area contributed by atoms with Crippen LogP contribution in [0.3, 0.4) is 0 Å². The first-order valence-electron chi connectivity index (χ1n) is 6.03. The Hall–Kier alpha value is -0.390. The number of nitrogens with one attached hydrogen (secondary N) is 2.